The van der Waals surface area contributed by atoms with Crippen molar-refractivity contribution in [2.24, 2.45) is 0 Å². The van der Waals surface area contributed by atoms with Crippen LogP contribution >= 0.6 is 0 Å². The Morgan fingerprint density at radius 3 is 2.24 bits per heavy atom. The van der Waals surface area contributed by atoms with Crippen molar-refractivity contribution in [2.75, 3.05) is 12.4 Å². The van der Waals surface area contributed by atoms with E-state index in [4.69, 9.17) is 0 Å². The first-order chi connectivity index (χ1) is 10.4. The number of anilines is 1. The summed E-state index contributed by atoms with van der Waals surface area (Å²) in [5.41, 5.74) is 4.51. The predicted octanol–water partition coefficient (Wildman–Crippen LogP) is 3.78. The van der Waals surface area contributed by atoms with Crippen LogP contribution in [0.4, 0.5) is 5.95 Å². The zero-order valence-corrected chi connectivity index (χ0v) is 12.0. The fourth-order valence-corrected chi connectivity index (χ4v) is 2.32. The van der Waals surface area contributed by atoms with E-state index in [0.717, 1.165) is 23.2 Å². The third kappa shape index (κ3) is 3.08. The zero-order valence-electron chi connectivity index (χ0n) is 12.0. The summed E-state index contributed by atoms with van der Waals surface area (Å²) < 4.78 is 0. The van der Waals surface area contributed by atoms with Gasteiger partial charge in [0.05, 0.1) is 5.69 Å². The molecule has 1 heterocycles. The molecule has 3 heteroatoms. The molecule has 3 rings (SSSR count). The molecule has 0 unspecified atom stereocenters. The lowest BCUT2D eigenvalue weighted by molar-refractivity contribution is 1.03. The minimum absolute atomic E-state index is 0.653. The van der Waals surface area contributed by atoms with Crippen LogP contribution in [0.3, 0.4) is 0 Å². The Hall–Kier alpha value is -2.68. The highest BCUT2D eigenvalue weighted by molar-refractivity contribution is 5.66. The van der Waals surface area contributed by atoms with Crippen LogP contribution in [0.1, 0.15) is 11.3 Å². The average Bonchev–Trinajstić information content (AvgIpc) is 2.56. The van der Waals surface area contributed by atoms with Crippen LogP contribution in [0.15, 0.2) is 66.9 Å². The van der Waals surface area contributed by atoms with E-state index in [1.807, 2.05) is 37.5 Å². The number of nitrogens with one attached hydrogen (secondary N) is 1. The van der Waals surface area contributed by atoms with Gasteiger partial charge in [-0.1, -0.05) is 60.7 Å². The summed E-state index contributed by atoms with van der Waals surface area (Å²) >= 11 is 0. The van der Waals surface area contributed by atoms with E-state index in [9.17, 15) is 0 Å². The monoisotopic (exact) mass is 275 g/mol. The molecule has 0 aliphatic rings. The molecule has 2 aromatic carbocycles. The molecule has 0 radical (unpaired) electrons. The van der Waals surface area contributed by atoms with Gasteiger partial charge in [0.2, 0.25) is 5.95 Å². The van der Waals surface area contributed by atoms with Gasteiger partial charge in [-0.2, -0.15) is 0 Å². The summed E-state index contributed by atoms with van der Waals surface area (Å²) in [6, 6.07) is 20.6. The molecule has 0 saturated heterocycles. The Labute approximate surface area is 124 Å². The van der Waals surface area contributed by atoms with Gasteiger partial charge < -0.3 is 5.32 Å². The number of hydrogen-bond acceptors (Lipinski definition) is 3. The van der Waals surface area contributed by atoms with E-state index in [1.54, 1.807) is 0 Å². The molecular weight excluding hydrogens is 258 g/mol. The second-order valence-electron chi connectivity index (χ2n) is 4.83. The summed E-state index contributed by atoms with van der Waals surface area (Å²) in [4.78, 5) is 8.99. The van der Waals surface area contributed by atoms with Crippen LogP contribution in [0.5, 0.6) is 0 Å². The van der Waals surface area contributed by atoms with Crippen LogP contribution in [0.2, 0.25) is 0 Å². The lowest BCUT2D eigenvalue weighted by Crippen LogP contribution is -2.03. The van der Waals surface area contributed by atoms with Gasteiger partial charge in [0.1, 0.15) is 0 Å². The normalized spacial score (nSPS) is 10.3. The van der Waals surface area contributed by atoms with Crippen molar-refractivity contribution in [2.45, 2.75) is 6.42 Å². The first-order valence-corrected chi connectivity index (χ1v) is 7.00. The molecule has 0 aliphatic heterocycles. The Morgan fingerprint density at radius 2 is 1.57 bits per heavy atom. The summed E-state index contributed by atoms with van der Waals surface area (Å²) in [5, 5.41) is 3.01. The van der Waals surface area contributed by atoms with E-state index in [0.29, 0.717) is 5.95 Å². The highest BCUT2D eigenvalue weighted by Gasteiger charge is 2.09. The quantitative estimate of drug-likeness (QED) is 0.787. The first-order valence-electron chi connectivity index (χ1n) is 7.00. The molecule has 0 fully saturated rings. The van der Waals surface area contributed by atoms with Crippen LogP contribution in [0, 0.1) is 0 Å². The number of nitrogens with zero attached hydrogens (tertiary/aromatic N) is 2. The SMILES string of the molecule is CNc1ncc(-c2ccccc2)c(Cc2ccccc2)n1. The Kier molecular flexibility index (Phi) is 3.92. The van der Waals surface area contributed by atoms with Crippen molar-refractivity contribution in [3.8, 4) is 11.1 Å². The van der Waals surface area contributed by atoms with E-state index in [2.05, 4.69) is 51.7 Å². The van der Waals surface area contributed by atoms with Crippen molar-refractivity contribution in [3.05, 3.63) is 78.1 Å². The molecule has 104 valence electrons. The molecule has 0 saturated carbocycles. The largest absolute Gasteiger partial charge is 0.357 e. The summed E-state index contributed by atoms with van der Waals surface area (Å²) in [6.45, 7) is 0. The molecule has 0 spiro atoms. The van der Waals surface area contributed by atoms with E-state index in [-0.39, 0.29) is 0 Å². The minimum Gasteiger partial charge on any atom is -0.357 e. The maximum atomic E-state index is 4.64. The predicted molar refractivity (Wildman–Crippen MR) is 86.3 cm³/mol. The van der Waals surface area contributed by atoms with Crippen molar-refractivity contribution in [3.63, 3.8) is 0 Å². The van der Waals surface area contributed by atoms with Gasteiger partial charge in [-0.3, -0.25) is 0 Å². The topological polar surface area (TPSA) is 37.8 Å². The summed E-state index contributed by atoms with van der Waals surface area (Å²) in [6.07, 6.45) is 2.69. The average molecular weight is 275 g/mol. The van der Waals surface area contributed by atoms with Crippen LogP contribution in [0.25, 0.3) is 11.1 Å². The molecule has 21 heavy (non-hydrogen) atoms. The zero-order chi connectivity index (χ0) is 14.5. The molecule has 1 N–H and O–H groups in total. The Morgan fingerprint density at radius 1 is 0.905 bits per heavy atom. The highest BCUT2D eigenvalue weighted by atomic mass is 15.1. The van der Waals surface area contributed by atoms with Crippen LogP contribution in [-0.2, 0) is 6.42 Å². The maximum absolute atomic E-state index is 4.64. The molecule has 0 aliphatic carbocycles. The molecule has 0 amide bonds. The lowest BCUT2D eigenvalue weighted by Gasteiger charge is -2.10. The Balaban J connectivity index is 2.04. The van der Waals surface area contributed by atoms with Crippen molar-refractivity contribution in [1.29, 1.82) is 0 Å². The van der Waals surface area contributed by atoms with Gasteiger partial charge in [-0.05, 0) is 11.1 Å². The van der Waals surface area contributed by atoms with Gasteiger partial charge in [-0.15, -0.1) is 0 Å². The van der Waals surface area contributed by atoms with Gasteiger partial charge in [-0.25, -0.2) is 9.97 Å². The highest BCUT2D eigenvalue weighted by Crippen LogP contribution is 2.24. The van der Waals surface area contributed by atoms with Gasteiger partial charge >= 0.3 is 0 Å². The van der Waals surface area contributed by atoms with E-state index in [1.165, 1.54) is 5.56 Å². The Bertz CT molecular complexity index is 709. The van der Waals surface area contributed by atoms with Crippen molar-refractivity contribution in [1.82, 2.24) is 9.97 Å². The van der Waals surface area contributed by atoms with Crippen LogP contribution < -0.4 is 5.32 Å². The molecule has 3 aromatic rings. The van der Waals surface area contributed by atoms with Gasteiger partial charge in [0.15, 0.2) is 0 Å². The smallest absolute Gasteiger partial charge is 0.222 e. The standard InChI is InChI=1S/C18H17N3/c1-19-18-20-13-16(15-10-6-3-7-11-15)17(21-18)12-14-8-4-2-5-9-14/h2-11,13H,12H2,1H3,(H,19,20,21). The second-order valence-corrected chi connectivity index (χ2v) is 4.83. The van der Waals surface area contributed by atoms with E-state index < -0.39 is 0 Å². The fourth-order valence-electron chi connectivity index (χ4n) is 2.32. The molecular formula is C18H17N3. The molecule has 0 bridgehead atoms. The van der Waals surface area contributed by atoms with Gasteiger partial charge in [0.25, 0.3) is 0 Å². The molecule has 1 aromatic heterocycles. The third-order valence-corrected chi connectivity index (χ3v) is 3.39. The number of benzene rings is 2. The maximum Gasteiger partial charge on any atom is 0.222 e. The molecule has 3 nitrogen and oxygen atoms in total. The summed E-state index contributed by atoms with van der Waals surface area (Å²) in [5.74, 6) is 0.653. The van der Waals surface area contributed by atoms with Gasteiger partial charge in [0, 0.05) is 25.2 Å². The van der Waals surface area contributed by atoms with Crippen molar-refractivity contribution < 1.29 is 0 Å². The minimum atomic E-state index is 0.653. The number of rotatable bonds is 4. The summed E-state index contributed by atoms with van der Waals surface area (Å²) in [7, 11) is 1.84. The first kappa shape index (κ1) is 13.3. The third-order valence-electron chi connectivity index (χ3n) is 3.39. The number of aromatic nitrogens is 2. The van der Waals surface area contributed by atoms with Crippen LogP contribution in [-0.4, -0.2) is 17.0 Å². The second kappa shape index (κ2) is 6.18. The lowest BCUT2D eigenvalue weighted by atomic mass is 10.0. The van der Waals surface area contributed by atoms with E-state index >= 15 is 0 Å². The number of hydrogen-bond donors (Lipinski definition) is 1. The molecule has 0 atom stereocenters. The fraction of sp³-hybridized carbons (Fsp3) is 0.111. The van der Waals surface area contributed by atoms with Crippen molar-refractivity contribution >= 4 is 5.95 Å².